The minimum absolute atomic E-state index is 0.0549. The average Bonchev–Trinajstić information content (AvgIpc) is 2.89. The molecule has 5 nitrogen and oxygen atoms in total. The first kappa shape index (κ1) is 14.2. The lowest BCUT2D eigenvalue weighted by molar-refractivity contribution is -0.122. The number of nitrogens with one attached hydrogen (secondary N) is 1. The molecule has 2 aromatic rings. The molecule has 6 heteroatoms. The second kappa shape index (κ2) is 5.57. The van der Waals surface area contributed by atoms with Crippen LogP contribution in [0.25, 0.3) is 6.08 Å². The Balaban J connectivity index is 2.03. The number of hydrogen-bond donors (Lipinski definition) is 1. The van der Waals surface area contributed by atoms with E-state index in [0.29, 0.717) is 5.69 Å². The van der Waals surface area contributed by atoms with Crippen LogP contribution in [0.1, 0.15) is 5.69 Å². The summed E-state index contributed by atoms with van der Waals surface area (Å²) < 4.78 is 1.83. The van der Waals surface area contributed by atoms with Crippen LogP contribution in [0.2, 0.25) is 0 Å². The van der Waals surface area contributed by atoms with Gasteiger partial charge in [-0.3, -0.25) is 19.8 Å². The van der Waals surface area contributed by atoms with Gasteiger partial charge in [-0.05, 0) is 42.6 Å². The number of para-hydroxylation sites is 1. The molecule has 2 amide bonds. The third kappa shape index (κ3) is 2.44. The van der Waals surface area contributed by atoms with Crippen LogP contribution in [0.4, 0.5) is 5.69 Å². The van der Waals surface area contributed by atoms with Crippen molar-refractivity contribution in [2.75, 3.05) is 4.90 Å². The van der Waals surface area contributed by atoms with Gasteiger partial charge < -0.3 is 4.57 Å². The minimum Gasteiger partial charge on any atom is -0.351 e. The maximum absolute atomic E-state index is 12.7. The van der Waals surface area contributed by atoms with E-state index in [2.05, 4.69) is 5.32 Å². The van der Waals surface area contributed by atoms with Gasteiger partial charge in [-0.25, -0.2) is 0 Å². The Hall–Kier alpha value is -2.73. The number of aromatic nitrogens is 1. The summed E-state index contributed by atoms with van der Waals surface area (Å²) in [5.74, 6) is -0.912. The number of carbonyl (C=O) groups excluding carboxylic acids is 2. The van der Waals surface area contributed by atoms with Crippen LogP contribution < -0.4 is 10.2 Å². The average molecular weight is 311 g/mol. The van der Waals surface area contributed by atoms with Crippen LogP contribution in [-0.4, -0.2) is 21.5 Å². The van der Waals surface area contributed by atoms with Crippen molar-refractivity contribution in [3.63, 3.8) is 0 Å². The fraction of sp³-hybridized carbons (Fsp3) is 0.0625. The molecule has 0 aliphatic carbocycles. The molecule has 0 radical (unpaired) electrons. The first-order valence-electron chi connectivity index (χ1n) is 6.66. The molecule has 0 spiro atoms. The van der Waals surface area contributed by atoms with Crippen molar-refractivity contribution in [1.82, 2.24) is 9.88 Å². The molecule has 1 N–H and O–H groups in total. The molecule has 1 aliphatic heterocycles. The number of anilines is 1. The van der Waals surface area contributed by atoms with Crippen LogP contribution in [0, 0.1) is 0 Å². The standard InChI is InChI=1S/C16H13N3O2S/c1-18-9-5-8-12(18)10-13-14(20)17-16(22)19(15(13)21)11-6-3-2-4-7-11/h2-10H,1H3,(H,17,20,22). The fourth-order valence-corrected chi connectivity index (χ4v) is 2.52. The molecule has 110 valence electrons. The van der Waals surface area contributed by atoms with Gasteiger partial charge in [-0.1, -0.05) is 18.2 Å². The molecule has 0 unspecified atom stereocenters. The van der Waals surface area contributed by atoms with Crippen molar-refractivity contribution in [2.45, 2.75) is 0 Å². The Labute approximate surface area is 132 Å². The van der Waals surface area contributed by atoms with Crippen LogP contribution in [-0.2, 0) is 16.6 Å². The van der Waals surface area contributed by atoms with Crippen molar-refractivity contribution >= 4 is 40.9 Å². The number of carbonyl (C=O) groups is 2. The number of nitrogens with zero attached hydrogens (tertiary/aromatic N) is 2. The maximum Gasteiger partial charge on any atom is 0.270 e. The van der Waals surface area contributed by atoms with E-state index in [1.807, 2.05) is 48.1 Å². The highest BCUT2D eigenvalue weighted by Gasteiger charge is 2.34. The predicted molar refractivity (Wildman–Crippen MR) is 88.1 cm³/mol. The third-order valence-corrected chi connectivity index (χ3v) is 3.68. The molecule has 3 rings (SSSR count). The molecule has 1 aliphatic rings. The quantitative estimate of drug-likeness (QED) is 0.523. The zero-order chi connectivity index (χ0) is 15.7. The summed E-state index contributed by atoms with van der Waals surface area (Å²) in [6.45, 7) is 0. The lowest BCUT2D eigenvalue weighted by Crippen LogP contribution is -2.54. The van der Waals surface area contributed by atoms with Gasteiger partial charge in [0.2, 0.25) is 0 Å². The second-order valence-electron chi connectivity index (χ2n) is 4.84. The normalized spacial score (nSPS) is 17.0. The molecule has 2 heterocycles. The molecule has 0 saturated carbocycles. The molecular weight excluding hydrogens is 298 g/mol. The molecular formula is C16H13N3O2S. The molecule has 22 heavy (non-hydrogen) atoms. The summed E-state index contributed by atoms with van der Waals surface area (Å²) in [6.07, 6.45) is 3.41. The van der Waals surface area contributed by atoms with Crippen LogP contribution >= 0.6 is 12.2 Å². The zero-order valence-electron chi connectivity index (χ0n) is 11.8. The summed E-state index contributed by atoms with van der Waals surface area (Å²) in [4.78, 5) is 26.1. The molecule has 1 aromatic heterocycles. The van der Waals surface area contributed by atoms with Gasteiger partial charge in [0.05, 0.1) is 5.69 Å². The number of benzene rings is 1. The number of hydrogen-bond acceptors (Lipinski definition) is 3. The Morgan fingerprint density at radius 2 is 1.82 bits per heavy atom. The van der Waals surface area contributed by atoms with E-state index in [0.717, 1.165) is 5.69 Å². The van der Waals surface area contributed by atoms with Crippen molar-refractivity contribution in [3.8, 4) is 0 Å². The van der Waals surface area contributed by atoms with Gasteiger partial charge in [0.25, 0.3) is 11.8 Å². The van der Waals surface area contributed by atoms with E-state index in [4.69, 9.17) is 12.2 Å². The smallest absolute Gasteiger partial charge is 0.270 e. The fourth-order valence-electron chi connectivity index (χ4n) is 2.24. The lowest BCUT2D eigenvalue weighted by atomic mass is 10.1. The monoisotopic (exact) mass is 311 g/mol. The molecule has 1 saturated heterocycles. The number of amides is 2. The largest absolute Gasteiger partial charge is 0.351 e. The number of rotatable bonds is 2. The third-order valence-electron chi connectivity index (χ3n) is 3.39. The highest BCUT2D eigenvalue weighted by atomic mass is 32.1. The molecule has 0 bridgehead atoms. The molecule has 1 aromatic carbocycles. The maximum atomic E-state index is 12.7. The van der Waals surface area contributed by atoms with Crippen LogP contribution in [0.15, 0.2) is 54.2 Å². The van der Waals surface area contributed by atoms with E-state index in [9.17, 15) is 9.59 Å². The van der Waals surface area contributed by atoms with Crippen molar-refractivity contribution in [1.29, 1.82) is 0 Å². The summed E-state index contributed by atoms with van der Waals surface area (Å²) in [5.41, 5.74) is 1.44. The Morgan fingerprint density at radius 1 is 1.09 bits per heavy atom. The Morgan fingerprint density at radius 3 is 2.45 bits per heavy atom. The first-order valence-corrected chi connectivity index (χ1v) is 7.06. The molecule has 1 fully saturated rings. The second-order valence-corrected chi connectivity index (χ2v) is 5.22. The molecule has 0 atom stereocenters. The van der Waals surface area contributed by atoms with Gasteiger partial charge >= 0.3 is 0 Å². The summed E-state index contributed by atoms with van der Waals surface area (Å²) in [6, 6.07) is 12.7. The number of thiocarbonyl (C=S) groups is 1. The lowest BCUT2D eigenvalue weighted by Gasteiger charge is -2.28. The van der Waals surface area contributed by atoms with Crippen LogP contribution in [0.5, 0.6) is 0 Å². The van der Waals surface area contributed by atoms with Crippen molar-refractivity contribution in [2.24, 2.45) is 7.05 Å². The number of aryl methyl sites for hydroxylation is 1. The highest BCUT2D eigenvalue weighted by Crippen LogP contribution is 2.21. The van der Waals surface area contributed by atoms with Gasteiger partial charge in [0, 0.05) is 18.9 Å². The van der Waals surface area contributed by atoms with Gasteiger partial charge in [-0.2, -0.15) is 0 Å². The van der Waals surface area contributed by atoms with Gasteiger partial charge in [0.15, 0.2) is 5.11 Å². The Kier molecular flexibility index (Phi) is 3.60. The van der Waals surface area contributed by atoms with Crippen molar-refractivity contribution in [3.05, 3.63) is 59.9 Å². The van der Waals surface area contributed by atoms with E-state index >= 15 is 0 Å². The summed E-state index contributed by atoms with van der Waals surface area (Å²) >= 11 is 5.13. The van der Waals surface area contributed by atoms with E-state index < -0.39 is 11.8 Å². The zero-order valence-corrected chi connectivity index (χ0v) is 12.6. The Bertz CT molecular complexity index is 793. The van der Waals surface area contributed by atoms with Gasteiger partial charge in [0.1, 0.15) is 5.57 Å². The summed E-state index contributed by atoms with van der Waals surface area (Å²) in [5, 5.41) is 2.65. The van der Waals surface area contributed by atoms with Gasteiger partial charge in [-0.15, -0.1) is 0 Å². The summed E-state index contributed by atoms with van der Waals surface area (Å²) in [7, 11) is 1.84. The minimum atomic E-state index is -0.483. The van der Waals surface area contributed by atoms with E-state index in [1.165, 1.54) is 4.90 Å². The van der Waals surface area contributed by atoms with E-state index in [-0.39, 0.29) is 10.7 Å². The van der Waals surface area contributed by atoms with E-state index in [1.54, 1.807) is 18.2 Å². The SMILES string of the molecule is Cn1cccc1C=C1C(=O)NC(=S)N(c2ccccc2)C1=O. The predicted octanol–water partition coefficient (Wildman–Crippen LogP) is 1.86. The van der Waals surface area contributed by atoms with Crippen LogP contribution in [0.3, 0.4) is 0 Å². The highest BCUT2D eigenvalue weighted by molar-refractivity contribution is 7.80. The van der Waals surface area contributed by atoms with Crippen molar-refractivity contribution < 1.29 is 9.59 Å². The topological polar surface area (TPSA) is 54.3 Å². The first-order chi connectivity index (χ1) is 10.6.